The number of thiophene rings is 1. The Morgan fingerprint density at radius 1 is 1.06 bits per heavy atom. The van der Waals surface area contributed by atoms with Crippen molar-refractivity contribution in [2.24, 2.45) is 5.92 Å². The van der Waals surface area contributed by atoms with Crippen molar-refractivity contribution in [3.05, 3.63) is 75.4 Å². The Balaban J connectivity index is 1.27. The van der Waals surface area contributed by atoms with E-state index in [1.807, 2.05) is 30.0 Å². The van der Waals surface area contributed by atoms with Crippen molar-refractivity contribution < 1.29 is 18.8 Å². The maximum Gasteiger partial charge on any atom is 0.289 e. The average Bonchev–Trinajstić information content (AvgIpc) is 3.56. The topological polar surface area (TPSA) is 82.9 Å². The molecule has 1 unspecified atom stereocenters. The minimum absolute atomic E-state index is 0.0154. The number of hydrogen-bond donors (Lipinski definition) is 1. The number of nitrogens with zero attached hydrogens (tertiary/aromatic N) is 2. The fraction of sp³-hybridized carbons (Fsp3) is 0.346. The molecule has 0 spiro atoms. The summed E-state index contributed by atoms with van der Waals surface area (Å²) < 4.78 is 5.23. The van der Waals surface area contributed by atoms with Gasteiger partial charge in [0.2, 0.25) is 5.91 Å². The van der Waals surface area contributed by atoms with Gasteiger partial charge in [0.1, 0.15) is 0 Å². The number of benzene rings is 1. The van der Waals surface area contributed by atoms with Crippen LogP contribution in [0, 0.1) is 12.8 Å². The van der Waals surface area contributed by atoms with Gasteiger partial charge in [-0.15, -0.1) is 11.3 Å². The van der Waals surface area contributed by atoms with Gasteiger partial charge in [0, 0.05) is 42.3 Å². The molecular weight excluding hydrogens is 450 g/mol. The Morgan fingerprint density at radius 2 is 1.94 bits per heavy atom. The molecule has 1 N–H and O–H groups in total. The number of carbonyl (C=O) groups is 3. The number of likely N-dealkylation sites (tertiary alicyclic amines) is 1. The van der Waals surface area contributed by atoms with Gasteiger partial charge in [-0.1, -0.05) is 6.07 Å². The van der Waals surface area contributed by atoms with Crippen molar-refractivity contribution in [2.45, 2.75) is 32.7 Å². The largest absolute Gasteiger partial charge is 0.459 e. The van der Waals surface area contributed by atoms with Crippen LogP contribution in [0.1, 0.15) is 49.8 Å². The quantitative estimate of drug-likeness (QED) is 0.606. The molecule has 1 aromatic carbocycles. The number of hydrogen-bond acceptors (Lipinski definition) is 5. The molecule has 5 rings (SSSR count). The maximum absolute atomic E-state index is 13.3. The van der Waals surface area contributed by atoms with Crippen molar-refractivity contribution in [1.29, 1.82) is 0 Å². The molecule has 2 aliphatic rings. The van der Waals surface area contributed by atoms with Crippen LogP contribution in [0.3, 0.4) is 0 Å². The van der Waals surface area contributed by atoms with E-state index in [2.05, 4.69) is 16.8 Å². The fourth-order valence-electron chi connectivity index (χ4n) is 4.76. The summed E-state index contributed by atoms with van der Waals surface area (Å²) in [6.07, 6.45) is 3.81. The lowest BCUT2D eigenvalue weighted by atomic mass is 9.96. The highest BCUT2D eigenvalue weighted by molar-refractivity contribution is 7.10. The van der Waals surface area contributed by atoms with Gasteiger partial charge < -0.3 is 19.5 Å². The van der Waals surface area contributed by atoms with E-state index in [4.69, 9.17) is 4.42 Å². The lowest BCUT2D eigenvalue weighted by Crippen LogP contribution is -2.43. The predicted octanol–water partition coefficient (Wildman–Crippen LogP) is 4.34. The van der Waals surface area contributed by atoms with Crippen molar-refractivity contribution >= 4 is 34.7 Å². The van der Waals surface area contributed by atoms with Crippen LogP contribution in [0.25, 0.3) is 0 Å². The predicted molar refractivity (Wildman–Crippen MR) is 130 cm³/mol. The summed E-state index contributed by atoms with van der Waals surface area (Å²) in [6.45, 7) is 4.14. The highest BCUT2D eigenvalue weighted by atomic mass is 32.1. The highest BCUT2D eigenvalue weighted by Gasteiger charge is 2.30. The Bertz CT molecular complexity index is 1220. The number of fused-ring (bicyclic) bond motifs is 1. The van der Waals surface area contributed by atoms with Crippen molar-refractivity contribution in [2.75, 3.05) is 25.0 Å². The number of carbonyl (C=O) groups excluding carboxylic acids is 3. The Morgan fingerprint density at radius 3 is 2.76 bits per heavy atom. The zero-order valence-corrected chi connectivity index (χ0v) is 19.9. The molecule has 1 fully saturated rings. The van der Waals surface area contributed by atoms with Crippen LogP contribution in [0.4, 0.5) is 5.69 Å². The van der Waals surface area contributed by atoms with Crippen molar-refractivity contribution in [3.63, 3.8) is 0 Å². The molecule has 2 aliphatic heterocycles. The molecule has 2 aromatic heterocycles. The van der Waals surface area contributed by atoms with E-state index < -0.39 is 0 Å². The van der Waals surface area contributed by atoms with Crippen LogP contribution in [0.15, 0.2) is 52.5 Å². The van der Waals surface area contributed by atoms with Crippen LogP contribution in [-0.4, -0.2) is 47.2 Å². The maximum atomic E-state index is 13.3. The summed E-state index contributed by atoms with van der Waals surface area (Å²) in [7, 11) is 0. The molecule has 176 valence electrons. The van der Waals surface area contributed by atoms with E-state index in [1.54, 1.807) is 28.4 Å². The summed E-state index contributed by atoms with van der Waals surface area (Å²) in [6, 6.07) is 10.9. The third kappa shape index (κ3) is 4.37. The zero-order valence-electron chi connectivity index (χ0n) is 19.1. The normalized spacial score (nSPS) is 17.9. The molecule has 3 aromatic rings. The Hall–Kier alpha value is -3.39. The summed E-state index contributed by atoms with van der Waals surface area (Å²) in [5, 5.41) is 5.09. The Labute approximate surface area is 202 Å². The van der Waals surface area contributed by atoms with Gasteiger partial charge >= 0.3 is 0 Å². The molecule has 1 saturated heterocycles. The van der Waals surface area contributed by atoms with Gasteiger partial charge in [-0.05, 0) is 73.0 Å². The summed E-state index contributed by atoms with van der Waals surface area (Å²) in [5.74, 6) is -0.369. The van der Waals surface area contributed by atoms with Gasteiger partial charge in [-0.2, -0.15) is 0 Å². The lowest BCUT2D eigenvalue weighted by Gasteiger charge is -2.31. The van der Waals surface area contributed by atoms with E-state index in [0.29, 0.717) is 43.9 Å². The first-order valence-electron chi connectivity index (χ1n) is 11.6. The van der Waals surface area contributed by atoms with Crippen molar-refractivity contribution in [1.82, 2.24) is 9.80 Å². The summed E-state index contributed by atoms with van der Waals surface area (Å²) >= 11 is 1.75. The molecule has 0 aliphatic carbocycles. The third-order valence-corrected chi connectivity index (χ3v) is 7.75. The number of rotatable bonds is 4. The van der Waals surface area contributed by atoms with E-state index in [-0.39, 0.29) is 29.4 Å². The SMILES string of the molecule is Cc1c(NC(=O)C2CCCN(C(=O)c3ccco3)C2)cccc1C(=O)N1CCc2sccc2C1. The molecular formula is C26H27N3O4S. The standard InChI is InChI=1S/C26H27N3O4S/c1-17-20(25(31)29-12-9-23-18(15-29)10-14-34-23)6-2-7-21(17)27-24(30)19-5-3-11-28(16-19)26(32)22-8-4-13-33-22/h2,4,6-8,10,13-14,19H,3,5,9,11-12,15-16H2,1H3,(H,27,30). The van der Waals surface area contributed by atoms with Crippen LogP contribution in [0.2, 0.25) is 0 Å². The first kappa shape index (κ1) is 22.4. The Kier molecular flexibility index (Phi) is 6.24. The summed E-state index contributed by atoms with van der Waals surface area (Å²) in [5.41, 5.74) is 3.22. The van der Waals surface area contributed by atoms with Crippen LogP contribution >= 0.6 is 11.3 Å². The lowest BCUT2D eigenvalue weighted by molar-refractivity contribution is -0.121. The van der Waals surface area contributed by atoms with Gasteiger partial charge in [0.15, 0.2) is 5.76 Å². The van der Waals surface area contributed by atoms with Crippen LogP contribution in [-0.2, 0) is 17.8 Å². The molecule has 0 saturated carbocycles. The minimum Gasteiger partial charge on any atom is -0.459 e. The van der Waals surface area contributed by atoms with Crippen LogP contribution in [0.5, 0.6) is 0 Å². The molecule has 1 atom stereocenters. The van der Waals surface area contributed by atoms with E-state index >= 15 is 0 Å². The van der Waals surface area contributed by atoms with Crippen LogP contribution < -0.4 is 5.32 Å². The number of furan rings is 1. The number of piperidine rings is 1. The molecule has 7 nitrogen and oxygen atoms in total. The minimum atomic E-state index is -0.314. The second kappa shape index (κ2) is 9.46. The highest BCUT2D eigenvalue weighted by Crippen LogP contribution is 2.28. The van der Waals surface area contributed by atoms with Crippen molar-refractivity contribution in [3.8, 4) is 0 Å². The molecule has 4 heterocycles. The molecule has 3 amide bonds. The first-order valence-corrected chi connectivity index (χ1v) is 12.5. The molecule has 0 bridgehead atoms. The third-order valence-electron chi connectivity index (χ3n) is 6.73. The molecule has 8 heteroatoms. The summed E-state index contributed by atoms with van der Waals surface area (Å²) in [4.78, 5) is 43.9. The smallest absolute Gasteiger partial charge is 0.289 e. The zero-order chi connectivity index (χ0) is 23.7. The fourth-order valence-corrected chi connectivity index (χ4v) is 5.65. The van der Waals surface area contributed by atoms with E-state index in [1.165, 1.54) is 16.7 Å². The number of anilines is 1. The number of nitrogens with one attached hydrogen (secondary N) is 1. The van der Waals surface area contributed by atoms with Gasteiger partial charge in [0.25, 0.3) is 11.8 Å². The molecule has 0 radical (unpaired) electrons. The first-order chi connectivity index (χ1) is 16.5. The van der Waals surface area contributed by atoms with Gasteiger partial charge in [-0.3, -0.25) is 14.4 Å². The van der Waals surface area contributed by atoms with E-state index in [9.17, 15) is 14.4 Å². The monoisotopic (exact) mass is 477 g/mol. The second-order valence-electron chi connectivity index (χ2n) is 8.88. The second-order valence-corrected chi connectivity index (χ2v) is 9.88. The average molecular weight is 478 g/mol. The van der Waals surface area contributed by atoms with Gasteiger partial charge in [0.05, 0.1) is 12.2 Å². The molecule has 34 heavy (non-hydrogen) atoms. The number of amides is 3. The van der Waals surface area contributed by atoms with Gasteiger partial charge in [-0.25, -0.2) is 0 Å². The van der Waals surface area contributed by atoms with E-state index in [0.717, 1.165) is 18.4 Å².